The van der Waals surface area contributed by atoms with E-state index in [1.54, 1.807) is 11.8 Å². The van der Waals surface area contributed by atoms with Crippen molar-refractivity contribution in [1.29, 1.82) is 0 Å². The third kappa shape index (κ3) is 3.70. The molecule has 1 aliphatic heterocycles. The molecule has 0 radical (unpaired) electrons. The summed E-state index contributed by atoms with van der Waals surface area (Å²) in [6.07, 6.45) is 0. The summed E-state index contributed by atoms with van der Waals surface area (Å²) < 4.78 is 5.30. The maximum absolute atomic E-state index is 12.4. The Bertz CT molecular complexity index is 837. The Morgan fingerprint density at radius 2 is 1.88 bits per heavy atom. The number of imidazole rings is 1. The van der Waals surface area contributed by atoms with Crippen LogP contribution in [0.25, 0.3) is 11.0 Å². The summed E-state index contributed by atoms with van der Waals surface area (Å²) in [4.78, 5) is 22.2. The minimum Gasteiger partial charge on any atom is -0.378 e. The van der Waals surface area contributed by atoms with Crippen molar-refractivity contribution in [3.63, 3.8) is 0 Å². The van der Waals surface area contributed by atoms with E-state index in [0.717, 1.165) is 27.5 Å². The van der Waals surface area contributed by atoms with Gasteiger partial charge >= 0.3 is 0 Å². The number of benzene rings is 2. The predicted molar refractivity (Wildman–Crippen MR) is 98.8 cm³/mol. The number of aromatic amines is 1. The molecule has 0 bridgehead atoms. The Morgan fingerprint density at radius 3 is 2.64 bits per heavy atom. The van der Waals surface area contributed by atoms with Crippen LogP contribution < -0.4 is 0 Å². The molecule has 1 saturated heterocycles. The van der Waals surface area contributed by atoms with Crippen LogP contribution in [0.2, 0.25) is 0 Å². The second-order valence-corrected chi connectivity index (χ2v) is 6.91. The number of para-hydroxylation sites is 2. The lowest BCUT2D eigenvalue weighted by Gasteiger charge is -2.26. The van der Waals surface area contributed by atoms with Crippen LogP contribution in [0.15, 0.2) is 53.7 Å². The first-order chi connectivity index (χ1) is 12.3. The van der Waals surface area contributed by atoms with E-state index in [9.17, 15) is 4.79 Å². The number of morpholine rings is 1. The van der Waals surface area contributed by atoms with Gasteiger partial charge < -0.3 is 14.6 Å². The average molecular weight is 353 g/mol. The smallest absolute Gasteiger partial charge is 0.254 e. The van der Waals surface area contributed by atoms with Gasteiger partial charge in [-0.25, -0.2) is 4.98 Å². The molecule has 5 nitrogen and oxygen atoms in total. The summed E-state index contributed by atoms with van der Waals surface area (Å²) >= 11 is 1.66. The van der Waals surface area contributed by atoms with E-state index in [0.29, 0.717) is 26.3 Å². The van der Waals surface area contributed by atoms with Gasteiger partial charge in [0, 0.05) is 24.4 Å². The first-order valence-corrected chi connectivity index (χ1v) is 9.32. The van der Waals surface area contributed by atoms with Gasteiger partial charge in [0.1, 0.15) is 0 Å². The molecule has 1 aromatic heterocycles. The van der Waals surface area contributed by atoms with Crippen LogP contribution in [0.5, 0.6) is 0 Å². The molecule has 128 valence electrons. The molecule has 0 atom stereocenters. The number of amides is 1. The molecule has 0 unspecified atom stereocenters. The highest BCUT2D eigenvalue weighted by molar-refractivity contribution is 7.98. The molecular weight excluding hydrogens is 334 g/mol. The molecule has 0 saturated carbocycles. The molecule has 6 heteroatoms. The van der Waals surface area contributed by atoms with Crippen LogP contribution in [0.3, 0.4) is 0 Å². The molecule has 1 fully saturated rings. The Kier molecular flexibility index (Phi) is 4.72. The van der Waals surface area contributed by atoms with E-state index in [1.165, 1.54) is 5.56 Å². The van der Waals surface area contributed by atoms with Crippen molar-refractivity contribution in [2.24, 2.45) is 0 Å². The summed E-state index contributed by atoms with van der Waals surface area (Å²) in [5.74, 6) is 0.894. The highest BCUT2D eigenvalue weighted by atomic mass is 32.2. The lowest BCUT2D eigenvalue weighted by molar-refractivity contribution is 0.0303. The van der Waals surface area contributed by atoms with E-state index < -0.39 is 0 Å². The first kappa shape index (κ1) is 16.2. The molecule has 25 heavy (non-hydrogen) atoms. The summed E-state index contributed by atoms with van der Waals surface area (Å²) in [5, 5.41) is 0.912. The van der Waals surface area contributed by atoms with Crippen LogP contribution >= 0.6 is 11.8 Å². The third-order valence-corrected chi connectivity index (χ3v) is 5.19. The molecule has 2 heterocycles. The molecule has 0 aliphatic carbocycles. The number of hydrogen-bond donors (Lipinski definition) is 1. The zero-order valence-electron chi connectivity index (χ0n) is 13.8. The summed E-state index contributed by atoms with van der Waals surface area (Å²) in [6.45, 7) is 2.58. The molecular formula is C19H19N3O2S. The first-order valence-electron chi connectivity index (χ1n) is 8.33. The van der Waals surface area contributed by atoms with Crippen molar-refractivity contribution in [2.75, 3.05) is 26.3 Å². The number of thioether (sulfide) groups is 1. The number of carbonyl (C=O) groups is 1. The van der Waals surface area contributed by atoms with Crippen LogP contribution in [-0.2, 0) is 10.5 Å². The molecule has 1 aliphatic rings. The van der Waals surface area contributed by atoms with E-state index in [-0.39, 0.29) is 5.91 Å². The molecule has 2 aromatic carbocycles. The summed E-state index contributed by atoms with van der Waals surface area (Å²) in [5.41, 5.74) is 3.94. The minimum absolute atomic E-state index is 0.0831. The number of nitrogens with one attached hydrogen (secondary N) is 1. The van der Waals surface area contributed by atoms with Gasteiger partial charge in [0.05, 0.1) is 24.2 Å². The number of nitrogens with zero attached hydrogens (tertiary/aromatic N) is 2. The maximum atomic E-state index is 12.4. The van der Waals surface area contributed by atoms with E-state index in [4.69, 9.17) is 4.74 Å². The SMILES string of the molecule is O=C(c1ccc(CSc2nc3ccccc3[nH]2)cc1)N1CCOCC1. The highest BCUT2D eigenvalue weighted by Crippen LogP contribution is 2.23. The summed E-state index contributed by atoms with van der Waals surface area (Å²) in [7, 11) is 0. The fourth-order valence-corrected chi connectivity index (χ4v) is 3.68. The molecule has 4 rings (SSSR count). The van der Waals surface area contributed by atoms with Crippen LogP contribution in [0.4, 0.5) is 0 Å². The fraction of sp³-hybridized carbons (Fsp3) is 0.263. The van der Waals surface area contributed by atoms with Crippen molar-refractivity contribution in [1.82, 2.24) is 14.9 Å². The second-order valence-electron chi connectivity index (χ2n) is 5.95. The van der Waals surface area contributed by atoms with Crippen LogP contribution in [-0.4, -0.2) is 47.1 Å². The maximum Gasteiger partial charge on any atom is 0.254 e. The van der Waals surface area contributed by atoms with E-state index in [2.05, 4.69) is 9.97 Å². The third-order valence-electron chi connectivity index (χ3n) is 4.24. The van der Waals surface area contributed by atoms with Crippen molar-refractivity contribution < 1.29 is 9.53 Å². The Balaban J connectivity index is 1.39. The highest BCUT2D eigenvalue weighted by Gasteiger charge is 2.18. The van der Waals surface area contributed by atoms with Gasteiger partial charge in [-0.15, -0.1) is 0 Å². The fourth-order valence-electron chi connectivity index (χ4n) is 2.84. The Hall–Kier alpha value is -2.31. The Labute approximate surface area is 150 Å². The Morgan fingerprint density at radius 1 is 1.12 bits per heavy atom. The standard InChI is InChI=1S/C19H19N3O2S/c23-18(22-9-11-24-12-10-22)15-7-5-14(6-8-15)13-25-19-20-16-3-1-2-4-17(16)21-19/h1-8H,9-13H2,(H,20,21). The zero-order valence-corrected chi connectivity index (χ0v) is 14.6. The van der Waals surface area contributed by atoms with Gasteiger partial charge in [0.25, 0.3) is 5.91 Å². The number of ether oxygens (including phenoxy) is 1. The molecule has 1 amide bonds. The normalized spacial score (nSPS) is 14.8. The van der Waals surface area contributed by atoms with Gasteiger partial charge in [0.2, 0.25) is 0 Å². The average Bonchev–Trinajstić information content (AvgIpc) is 3.10. The van der Waals surface area contributed by atoms with E-state index in [1.807, 2.05) is 53.4 Å². The number of aromatic nitrogens is 2. The lowest BCUT2D eigenvalue weighted by Crippen LogP contribution is -2.40. The number of rotatable bonds is 4. The second kappa shape index (κ2) is 7.29. The van der Waals surface area contributed by atoms with Crippen LogP contribution in [0, 0.1) is 0 Å². The predicted octanol–water partition coefficient (Wildman–Crippen LogP) is 3.33. The van der Waals surface area contributed by atoms with Gasteiger partial charge in [-0.05, 0) is 29.8 Å². The van der Waals surface area contributed by atoms with Gasteiger partial charge in [-0.2, -0.15) is 0 Å². The monoisotopic (exact) mass is 353 g/mol. The van der Waals surface area contributed by atoms with Gasteiger partial charge in [-0.3, -0.25) is 4.79 Å². The number of hydrogen-bond acceptors (Lipinski definition) is 4. The van der Waals surface area contributed by atoms with Crippen molar-refractivity contribution in [3.8, 4) is 0 Å². The van der Waals surface area contributed by atoms with Gasteiger partial charge in [0.15, 0.2) is 5.16 Å². The minimum atomic E-state index is 0.0831. The molecule has 3 aromatic rings. The molecule has 1 N–H and O–H groups in total. The number of H-pyrrole nitrogens is 1. The van der Waals surface area contributed by atoms with Gasteiger partial charge in [-0.1, -0.05) is 36.0 Å². The zero-order chi connectivity index (χ0) is 17.1. The topological polar surface area (TPSA) is 58.2 Å². The number of fused-ring (bicyclic) bond motifs is 1. The number of carbonyl (C=O) groups excluding carboxylic acids is 1. The van der Waals surface area contributed by atoms with E-state index >= 15 is 0 Å². The quantitative estimate of drug-likeness (QED) is 0.731. The molecule has 0 spiro atoms. The summed E-state index contributed by atoms with van der Waals surface area (Å²) in [6, 6.07) is 15.9. The van der Waals surface area contributed by atoms with Crippen molar-refractivity contribution in [2.45, 2.75) is 10.9 Å². The van der Waals surface area contributed by atoms with Crippen molar-refractivity contribution in [3.05, 3.63) is 59.7 Å². The lowest BCUT2D eigenvalue weighted by atomic mass is 10.1. The largest absolute Gasteiger partial charge is 0.378 e. The van der Waals surface area contributed by atoms with Crippen LogP contribution in [0.1, 0.15) is 15.9 Å². The van der Waals surface area contributed by atoms with Crippen molar-refractivity contribution >= 4 is 28.7 Å².